The van der Waals surface area contributed by atoms with E-state index < -0.39 is 10.0 Å². The van der Waals surface area contributed by atoms with Crippen LogP contribution in [0.2, 0.25) is 0 Å². The van der Waals surface area contributed by atoms with Gasteiger partial charge in [-0.2, -0.15) is 4.31 Å². The maximum Gasteiger partial charge on any atom is 0.276 e. The number of aryl methyl sites for hydroxylation is 1. The highest BCUT2D eigenvalue weighted by atomic mass is 32.2. The Kier molecular flexibility index (Phi) is 7.02. The zero-order valence-corrected chi connectivity index (χ0v) is 21.2. The quantitative estimate of drug-likeness (QED) is 0.372. The van der Waals surface area contributed by atoms with Crippen molar-refractivity contribution in [3.63, 3.8) is 0 Å². The molecule has 2 heterocycles. The summed E-state index contributed by atoms with van der Waals surface area (Å²) < 4.78 is 34.8. The van der Waals surface area contributed by atoms with Gasteiger partial charge in [-0.15, -0.1) is 5.10 Å². The number of hydrogen-bond acceptors (Lipinski definition) is 6. The van der Waals surface area contributed by atoms with Gasteiger partial charge in [0.05, 0.1) is 17.6 Å². The first kappa shape index (κ1) is 24.7. The number of hydrogen-bond donors (Lipinski definition) is 0. The number of para-hydroxylation sites is 1. The van der Waals surface area contributed by atoms with Crippen molar-refractivity contribution >= 4 is 15.9 Å². The van der Waals surface area contributed by atoms with Gasteiger partial charge in [0.15, 0.2) is 5.69 Å². The van der Waals surface area contributed by atoms with Crippen LogP contribution in [0.15, 0.2) is 90.0 Å². The van der Waals surface area contributed by atoms with Gasteiger partial charge in [0.1, 0.15) is 11.5 Å². The summed E-state index contributed by atoms with van der Waals surface area (Å²) in [5.41, 5.74) is 2.18. The number of piperazine rings is 1. The molecule has 37 heavy (non-hydrogen) atoms. The van der Waals surface area contributed by atoms with Crippen molar-refractivity contribution in [2.75, 3.05) is 26.2 Å². The minimum absolute atomic E-state index is 0.226. The Labute approximate surface area is 216 Å². The van der Waals surface area contributed by atoms with Crippen LogP contribution in [0.1, 0.15) is 21.6 Å². The summed E-state index contributed by atoms with van der Waals surface area (Å²) in [5.74, 6) is 1.19. The Bertz CT molecular complexity index is 1480. The summed E-state index contributed by atoms with van der Waals surface area (Å²) in [4.78, 5) is 14.9. The molecule has 0 bridgehead atoms. The van der Waals surface area contributed by atoms with Crippen LogP contribution in [-0.2, 0) is 16.6 Å². The molecule has 1 fully saturated rings. The molecule has 1 aliphatic heterocycles. The zero-order chi connectivity index (χ0) is 25.8. The first-order valence-corrected chi connectivity index (χ1v) is 13.4. The molecule has 0 aliphatic carbocycles. The summed E-state index contributed by atoms with van der Waals surface area (Å²) in [6, 6.07) is 24.0. The molecule has 9 nitrogen and oxygen atoms in total. The number of benzene rings is 3. The van der Waals surface area contributed by atoms with E-state index in [0.29, 0.717) is 12.3 Å². The monoisotopic (exact) mass is 517 g/mol. The van der Waals surface area contributed by atoms with Crippen molar-refractivity contribution < 1.29 is 17.9 Å². The zero-order valence-electron chi connectivity index (χ0n) is 20.4. The van der Waals surface area contributed by atoms with Crippen LogP contribution in [0.3, 0.4) is 0 Å². The third kappa shape index (κ3) is 5.71. The van der Waals surface area contributed by atoms with E-state index in [2.05, 4.69) is 10.3 Å². The smallest absolute Gasteiger partial charge is 0.276 e. The molecular formula is C27H27N5O4S. The Morgan fingerprint density at radius 2 is 1.59 bits per heavy atom. The number of carbonyl (C=O) groups is 1. The van der Waals surface area contributed by atoms with E-state index in [1.807, 2.05) is 61.5 Å². The van der Waals surface area contributed by atoms with Crippen molar-refractivity contribution in [2.45, 2.75) is 18.4 Å². The molecule has 5 rings (SSSR count). The highest BCUT2D eigenvalue weighted by Crippen LogP contribution is 2.22. The average Bonchev–Trinajstić information content (AvgIpc) is 3.38. The molecule has 0 unspecified atom stereocenters. The molecule has 0 spiro atoms. The number of aromatic nitrogens is 3. The number of sulfonamides is 1. The van der Waals surface area contributed by atoms with Crippen LogP contribution >= 0.6 is 0 Å². The Hall–Kier alpha value is -4.02. The van der Waals surface area contributed by atoms with Gasteiger partial charge in [0, 0.05) is 26.2 Å². The highest BCUT2D eigenvalue weighted by molar-refractivity contribution is 7.89. The molecule has 1 aromatic heterocycles. The normalized spacial score (nSPS) is 14.5. The molecule has 1 aliphatic rings. The van der Waals surface area contributed by atoms with Crippen LogP contribution in [0.5, 0.6) is 11.5 Å². The first-order valence-electron chi connectivity index (χ1n) is 12.0. The molecular weight excluding hydrogens is 490 g/mol. The minimum atomic E-state index is -3.59. The van der Waals surface area contributed by atoms with Gasteiger partial charge in [0.25, 0.3) is 5.91 Å². The van der Waals surface area contributed by atoms with Gasteiger partial charge in [-0.25, -0.2) is 13.1 Å². The summed E-state index contributed by atoms with van der Waals surface area (Å²) >= 11 is 0. The molecule has 1 amide bonds. The van der Waals surface area contributed by atoms with Gasteiger partial charge in [-0.1, -0.05) is 53.2 Å². The second-order valence-corrected chi connectivity index (χ2v) is 10.8. The van der Waals surface area contributed by atoms with Gasteiger partial charge >= 0.3 is 0 Å². The molecule has 1 saturated heterocycles. The van der Waals surface area contributed by atoms with E-state index in [0.717, 1.165) is 16.9 Å². The predicted octanol–water partition coefficient (Wildman–Crippen LogP) is 3.57. The predicted molar refractivity (Wildman–Crippen MR) is 138 cm³/mol. The number of amides is 1. The van der Waals surface area contributed by atoms with Gasteiger partial charge < -0.3 is 9.64 Å². The second-order valence-electron chi connectivity index (χ2n) is 8.87. The summed E-state index contributed by atoms with van der Waals surface area (Å²) in [6.45, 7) is 3.36. The third-order valence-electron chi connectivity index (χ3n) is 6.16. The van der Waals surface area contributed by atoms with E-state index in [9.17, 15) is 13.2 Å². The second kappa shape index (κ2) is 10.5. The fraction of sp³-hybridized carbons (Fsp3) is 0.222. The number of ether oxygens (including phenoxy) is 1. The molecule has 190 valence electrons. The average molecular weight is 518 g/mol. The number of nitrogens with zero attached hydrogens (tertiary/aromatic N) is 5. The first-order chi connectivity index (χ1) is 17.9. The Morgan fingerprint density at radius 1 is 0.892 bits per heavy atom. The van der Waals surface area contributed by atoms with Gasteiger partial charge in [-0.05, 0) is 48.9 Å². The lowest BCUT2D eigenvalue weighted by atomic mass is 10.2. The Balaban J connectivity index is 1.19. The van der Waals surface area contributed by atoms with Gasteiger partial charge in [-0.3, -0.25) is 4.79 Å². The summed E-state index contributed by atoms with van der Waals surface area (Å²) in [6.07, 6.45) is 1.61. The molecule has 0 atom stereocenters. The maximum absolute atomic E-state index is 13.0. The van der Waals surface area contributed by atoms with Crippen molar-refractivity contribution in [2.24, 2.45) is 0 Å². The van der Waals surface area contributed by atoms with E-state index in [1.54, 1.807) is 40.0 Å². The highest BCUT2D eigenvalue weighted by Gasteiger charge is 2.31. The molecule has 0 radical (unpaired) electrons. The standard InChI is InChI=1S/C27H27N5O4S/c1-21-10-12-25(13-11-21)37(34,35)32-16-14-30(15-17-32)27(33)26-20-31(29-28-26)19-22-6-5-9-24(18-22)36-23-7-3-2-4-8-23/h2-13,18,20H,14-17,19H2,1H3. The molecule has 3 aromatic carbocycles. The van der Waals surface area contributed by atoms with E-state index in [-0.39, 0.29) is 42.7 Å². The molecule has 0 N–H and O–H groups in total. The van der Waals surface area contributed by atoms with Gasteiger partial charge in [0.2, 0.25) is 10.0 Å². The molecule has 10 heteroatoms. The van der Waals surface area contributed by atoms with E-state index >= 15 is 0 Å². The fourth-order valence-corrected chi connectivity index (χ4v) is 5.57. The lowest BCUT2D eigenvalue weighted by molar-refractivity contribution is 0.0692. The lowest BCUT2D eigenvalue weighted by Crippen LogP contribution is -2.50. The van der Waals surface area contributed by atoms with Crippen molar-refractivity contribution in [1.29, 1.82) is 0 Å². The minimum Gasteiger partial charge on any atom is -0.457 e. The maximum atomic E-state index is 13.0. The largest absolute Gasteiger partial charge is 0.457 e. The number of carbonyl (C=O) groups excluding carboxylic acids is 1. The van der Waals surface area contributed by atoms with Crippen molar-refractivity contribution in [3.05, 3.63) is 102 Å². The van der Waals surface area contributed by atoms with Crippen LogP contribution < -0.4 is 4.74 Å². The van der Waals surface area contributed by atoms with Crippen LogP contribution in [-0.4, -0.2) is 64.7 Å². The summed E-state index contributed by atoms with van der Waals surface area (Å²) in [5, 5.41) is 8.17. The topological polar surface area (TPSA) is 97.6 Å². The third-order valence-corrected chi connectivity index (χ3v) is 8.08. The Morgan fingerprint density at radius 3 is 2.32 bits per heavy atom. The number of rotatable bonds is 7. The van der Waals surface area contributed by atoms with Crippen molar-refractivity contribution in [3.8, 4) is 11.5 Å². The van der Waals surface area contributed by atoms with E-state index in [4.69, 9.17) is 4.74 Å². The SMILES string of the molecule is Cc1ccc(S(=O)(=O)N2CCN(C(=O)c3cn(Cc4cccc(Oc5ccccc5)c4)nn3)CC2)cc1. The van der Waals surface area contributed by atoms with E-state index in [1.165, 1.54) is 4.31 Å². The molecule has 4 aromatic rings. The van der Waals surface area contributed by atoms with Crippen LogP contribution in [0.25, 0.3) is 0 Å². The van der Waals surface area contributed by atoms with Crippen LogP contribution in [0.4, 0.5) is 0 Å². The van der Waals surface area contributed by atoms with Crippen LogP contribution in [0, 0.1) is 6.92 Å². The summed E-state index contributed by atoms with van der Waals surface area (Å²) in [7, 11) is -3.59. The fourth-order valence-electron chi connectivity index (χ4n) is 4.15. The van der Waals surface area contributed by atoms with Crippen molar-refractivity contribution in [1.82, 2.24) is 24.2 Å². The molecule has 0 saturated carbocycles. The lowest BCUT2D eigenvalue weighted by Gasteiger charge is -2.33.